The van der Waals surface area contributed by atoms with Crippen molar-refractivity contribution in [2.45, 2.75) is 18.8 Å². The molecule has 2 aromatic rings. The Morgan fingerprint density at radius 1 is 1.43 bits per heavy atom. The summed E-state index contributed by atoms with van der Waals surface area (Å²) in [6, 6.07) is 3.70. The van der Waals surface area contributed by atoms with Gasteiger partial charge in [-0.3, -0.25) is 20.2 Å². The van der Waals surface area contributed by atoms with E-state index in [0.29, 0.717) is 11.0 Å². The fraction of sp³-hybridized carbons (Fsp3) is 0.250. The van der Waals surface area contributed by atoms with Gasteiger partial charge < -0.3 is 0 Å². The Balaban J connectivity index is 1.76. The molecule has 3 rings (SSSR count). The van der Waals surface area contributed by atoms with E-state index in [9.17, 15) is 14.9 Å². The van der Waals surface area contributed by atoms with Crippen LogP contribution in [0, 0.1) is 10.1 Å². The highest BCUT2D eigenvalue weighted by atomic mass is 35.5. The fourth-order valence-corrected chi connectivity index (χ4v) is 2.91. The minimum absolute atomic E-state index is 0.0219. The molecule has 0 unspecified atom stereocenters. The molecular formula is C12H9ClN4O3S. The number of anilines is 1. The van der Waals surface area contributed by atoms with Gasteiger partial charge in [0, 0.05) is 18.1 Å². The number of nitro benzene ring substituents is 1. The lowest BCUT2D eigenvalue weighted by molar-refractivity contribution is -0.384. The quantitative estimate of drug-likeness (QED) is 0.687. The van der Waals surface area contributed by atoms with Crippen molar-refractivity contribution in [3.8, 4) is 0 Å². The molecule has 1 heterocycles. The lowest BCUT2D eigenvalue weighted by Crippen LogP contribution is -2.12. The Kier molecular flexibility index (Phi) is 3.56. The fourth-order valence-electron chi connectivity index (χ4n) is 1.75. The van der Waals surface area contributed by atoms with Crippen molar-refractivity contribution < 1.29 is 9.72 Å². The van der Waals surface area contributed by atoms with Crippen LogP contribution in [-0.2, 0) is 0 Å². The number of nitro groups is 1. The molecule has 108 valence electrons. The van der Waals surface area contributed by atoms with E-state index in [0.717, 1.165) is 23.9 Å². The second-order valence-electron chi connectivity index (χ2n) is 4.60. The number of amides is 1. The van der Waals surface area contributed by atoms with Crippen LogP contribution in [0.4, 0.5) is 10.8 Å². The predicted octanol–water partition coefficient (Wildman–Crippen LogP) is 3.23. The summed E-state index contributed by atoms with van der Waals surface area (Å²) < 4.78 is 0. The summed E-state index contributed by atoms with van der Waals surface area (Å²) >= 11 is 7.24. The second-order valence-corrected chi connectivity index (χ2v) is 6.01. The zero-order valence-electron chi connectivity index (χ0n) is 10.6. The van der Waals surface area contributed by atoms with Crippen LogP contribution in [-0.4, -0.2) is 21.0 Å². The van der Waals surface area contributed by atoms with Gasteiger partial charge in [0.15, 0.2) is 0 Å². The summed E-state index contributed by atoms with van der Waals surface area (Å²) in [5.74, 6) is 0.00418. The van der Waals surface area contributed by atoms with Gasteiger partial charge in [0.25, 0.3) is 11.6 Å². The molecule has 21 heavy (non-hydrogen) atoms. The van der Waals surface area contributed by atoms with Crippen LogP contribution in [0.1, 0.15) is 34.1 Å². The standard InChI is InChI=1S/C12H9ClN4O3S/c13-9-5-7(17(19)20)3-4-8(9)10(18)14-12-16-15-11(21-12)6-1-2-6/h3-6H,1-2H2,(H,14,16,18). The Morgan fingerprint density at radius 2 is 2.19 bits per heavy atom. The van der Waals surface area contributed by atoms with Crippen LogP contribution in [0.15, 0.2) is 18.2 Å². The normalized spacial score (nSPS) is 14.0. The number of non-ortho nitro benzene ring substituents is 1. The largest absolute Gasteiger partial charge is 0.296 e. The van der Waals surface area contributed by atoms with Gasteiger partial charge in [-0.2, -0.15) is 0 Å². The van der Waals surface area contributed by atoms with Crippen LogP contribution in [0.5, 0.6) is 0 Å². The molecule has 1 aliphatic carbocycles. The van der Waals surface area contributed by atoms with Gasteiger partial charge in [-0.05, 0) is 18.9 Å². The molecule has 0 bridgehead atoms. The second kappa shape index (κ2) is 5.38. The van der Waals surface area contributed by atoms with Crippen molar-refractivity contribution in [2.75, 3.05) is 5.32 Å². The van der Waals surface area contributed by atoms with E-state index in [-0.39, 0.29) is 16.3 Å². The molecule has 0 spiro atoms. The number of benzene rings is 1. The van der Waals surface area contributed by atoms with Crippen LogP contribution < -0.4 is 5.32 Å². The van der Waals surface area contributed by atoms with Gasteiger partial charge in [-0.25, -0.2) is 0 Å². The van der Waals surface area contributed by atoms with Gasteiger partial charge >= 0.3 is 0 Å². The summed E-state index contributed by atoms with van der Waals surface area (Å²) in [7, 11) is 0. The average molecular weight is 325 g/mol. The lowest BCUT2D eigenvalue weighted by atomic mass is 10.2. The monoisotopic (exact) mass is 324 g/mol. The Morgan fingerprint density at radius 3 is 2.81 bits per heavy atom. The minimum atomic E-state index is -0.569. The SMILES string of the molecule is O=C(Nc1nnc(C2CC2)s1)c1ccc([N+](=O)[O-])cc1Cl. The van der Waals surface area contributed by atoms with Crippen molar-refractivity contribution in [3.63, 3.8) is 0 Å². The summed E-state index contributed by atoms with van der Waals surface area (Å²) in [5, 5.41) is 22.5. The van der Waals surface area contributed by atoms with Crippen molar-refractivity contribution in [1.82, 2.24) is 10.2 Å². The number of nitrogens with zero attached hydrogens (tertiary/aromatic N) is 3. The predicted molar refractivity (Wildman–Crippen MR) is 77.9 cm³/mol. The first-order chi connectivity index (χ1) is 10.0. The van der Waals surface area contributed by atoms with Crippen molar-refractivity contribution in [3.05, 3.63) is 43.9 Å². The van der Waals surface area contributed by atoms with Crippen molar-refractivity contribution in [2.24, 2.45) is 0 Å². The smallest absolute Gasteiger partial charge is 0.270 e. The highest BCUT2D eigenvalue weighted by molar-refractivity contribution is 7.15. The van der Waals surface area contributed by atoms with Gasteiger partial charge in [-0.15, -0.1) is 10.2 Å². The highest BCUT2D eigenvalue weighted by Crippen LogP contribution is 2.42. The zero-order valence-corrected chi connectivity index (χ0v) is 12.1. The van der Waals surface area contributed by atoms with E-state index >= 15 is 0 Å². The Labute approximate surface area is 128 Å². The van der Waals surface area contributed by atoms with E-state index in [4.69, 9.17) is 11.6 Å². The van der Waals surface area contributed by atoms with Gasteiger partial charge in [0.1, 0.15) is 5.01 Å². The van der Waals surface area contributed by atoms with Gasteiger partial charge in [-0.1, -0.05) is 22.9 Å². The first-order valence-electron chi connectivity index (χ1n) is 6.13. The maximum atomic E-state index is 12.1. The van der Waals surface area contributed by atoms with Gasteiger partial charge in [0.2, 0.25) is 5.13 Å². The lowest BCUT2D eigenvalue weighted by Gasteiger charge is -2.03. The number of rotatable bonds is 4. The summed E-state index contributed by atoms with van der Waals surface area (Å²) in [6.45, 7) is 0. The summed E-state index contributed by atoms with van der Waals surface area (Å²) in [5.41, 5.74) is -0.00563. The van der Waals surface area contributed by atoms with E-state index in [1.54, 1.807) is 0 Å². The number of aromatic nitrogens is 2. The number of carbonyl (C=O) groups is 1. The van der Waals surface area contributed by atoms with Crippen LogP contribution in [0.2, 0.25) is 5.02 Å². The summed E-state index contributed by atoms with van der Waals surface area (Å²) in [4.78, 5) is 22.1. The third kappa shape index (κ3) is 3.01. The molecule has 1 amide bonds. The maximum Gasteiger partial charge on any atom is 0.270 e. The molecule has 0 aliphatic heterocycles. The Bertz CT molecular complexity index is 729. The van der Waals surface area contributed by atoms with Crippen LogP contribution in [0.25, 0.3) is 0 Å². The molecular weight excluding hydrogens is 316 g/mol. The third-order valence-corrected chi connectivity index (χ3v) is 4.31. The third-order valence-electron chi connectivity index (χ3n) is 3.00. The number of hydrogen-bond donors (Lipinski definition) is 1. The number of hydrogen-bond acceptors (Lipinski definition) is 6. The molecule has 1 saturated carbocycles. The molecule has 0 radical (unpaired) electrons. The number of carbonyl (C=O) groups excluding carboxylic acids is 1. The molecule has 7 nitrogen and oxygen atoms in total. The number of halogens is 1. The van der Waals surface area contributed by atoms with Crippen LogP contribution in [0.3, 0.4) is 0 Å². The van der Waals surface area contributed by atoms with Gasteiger partial charge in [0.05, 0.1) is 15.5 Å². The highest BCUT2D eigenvalue weighted by Gasteiger charge is 2.28. The number of nitrogens with one attached hydrogen (secondary N) is 1. The van der Waals surface area contributed by atoms with Crippen LogP contribution >= 0.6 is 22.9 Å². The first kappa shape index (κ1) is 13.9. The minimum Gasteiger partial charge on any atom is -0.296 e. The van der Waals surface area contributed by atoms with E-state index in [1.807, 2.05) is 0 Å². The van der Waals surface area contributed by atoms with E-state index in [2.05, 4.69) is 15.5 Å². The molecule has 1 aliphatic rings. The molecule has 0 saturated heterocycles. The summed E-state index contributed by atoms with van der Waals surface area (Å²) in [6.07, 6.45) is 2.22. The molecule has 1 N–H and O–H groups in total. The maximum absolute atomic E-state index is 12.1. The average Bonchev–Trinajstić information content (AvgIpc) is 3.19. The van der Waals surface area contributed by atoms with E-state index < -0.39 is 10.8 Å². The molecule has 1 fully saturated rings. The van der Waals surface area contributed by atoms with Crippen molar-refractivity contribution >= 4 is 39.7 Å². The molecule has 9 heteroatoms. The first-order valence-corrected chi connectivity index (χ1v) is 7.32. The van der Waals surface area contributed by atoms with E-state index in [1.165, 1.54) is 23.5 Å². The molecule has 1 aromatic heterocycles. The zero-order chi connectivity index (χ0) is 15.0. The molecule has 1 aromatic carbocycles. The van der Waals surface area contributed by atoms with Crippen molar-refractivity contribution in [1.29, 1.82) is 0 Å². The topological polar surface area (TPSA) is 98.0 Å². The Hall–Kier alpha value is -2.06. The molecule has 0 atom stereocenters.